The van der Waals surface area contributed by atoms with Gasteiger partial charge in [-0.2, -0.15) is 0 Å². The van der Waals surface area contributed by atoms with Gasteiger partial charge >= 0.3 is 0 Å². The van der Waals surface area contributed by atoms with Crippen LogP contribution in [0.1, 0.15) is 21.7 Å². The Bertz CT molecular complexity index is 940. The zero-order valence-electron chi connectivity index (χ0n) is 14.6. The number of hydrogen-bond acceptors (Lipinski definition) is 4. The maximum absolute atomic E-state index is 12.8. The Morgan fingerprint density at radius 1 is 1.11 bits per heavy atom. The smallest absolute Gasteiger partial charge is 0.253 e. The van der Waals surface area contributed by atoms with Gasteiger partial charge in [-0.25, -0.2) is 0 Å². The lowest BCUT2D eigenvalue weighted by Gasteiger charge is -2.18. The van der Waals surface area contributed by atoms with Gasteiger partial charge in [-0.05, 0) is 40.5 Å². The summed E-state index contributed by atoms with van der Waals surface area (Å²) in [7, 11) is 0. The highest BCUT2D eigenvalue weighted by Crippen LogP contribution is 2.16. The minimum absolute atomic E-state index is 0.311. The van der Waals surface area contributed by atoms with E-state index in [-0.39, 0.29) is 11.8 Å². The van der Waals surface area contributed by atoms with Gasteiger partial charge in [-0.3, -0.25) is 9.59 Å². The molecule has 3 rings (SSSR count). The summed E-state index contributed by atoms with van der Waals surface area (Å²) in [5.41, 5.74) is 1.39. The van der Waals surface area contributed by atoms with Gasteiger partial charge in [-0.1, -0.05) is 47.6 Å². The number of aromatic nitrogens is 1. The quantitative estimate of drug-likeness (QED) is 0.627. The lowest BCUT2D eigenvalue weighted by Crippen LogP contribution is -2.45. The van der Waals surface area contributed by atoms with E-state index >= 15 is 0 Å². The zero-order valence-corrected chi connectivity index (χ0v) is 16.2. The van der Waals surface area contributed by atoms with Crippen LogP contribution in [-0.2, 0) is 11.2 Å². The van der Waals surface area contributed by atoms with Crippen molar-refractivity contribution in [1.82, 2.24) is 10.5 Å². The molecule has 7 heteroatoms. The zero-order chi connectivity index (χ0) is 19.2. The van der Waals surface area contributed by atoms with Crippen LogP contribution in [0.4, 0.5) is 5.82 Å². The standard InChI is InChI=1S/C20H18BrN3O3/c1-13-11-18(24-27-13)23-20(26)17(12-14-7-3-2-4-8-14)22-19(25)15-9-5-6-10-16(15)21/h2-11,17H,12H2,1H3,(H,22,25)(H,23,24,26)/t17-/m0/s1. The lowest BCUT2D eigenvalue weighted by atomic mass is 10.0. The van der Waals surface area contributed by atoms with Gasteiger partial charge in [0.1, 0.15) is 11.8 Å². The minimum atomic E-state index is -0.774. The summed E-state index contributed by atoms with van der Waals surface area (Å²) in [4.78, 5) is 25.4. The van der Waals surface area contributed by atoms with E-state index in [9.17, 15) is 9.59 Å². The molecule has 0 fully saturated rings. The number of aryl methyl sites for hydroxylation is 1. The number of carbonyl (C=O) groups excluding carboxylic acids is 2. The molecule has 2 N–H and O–H groups in total. The molecule has 3 aromatic rings. The predicted molar refractivity (Wildman–Crippen MR) is 105 cm³/mol. The Morgan fingerprint density at radius 2 is 1.81 bits per heavy atom. The molecule has 0 spiro atoms. The Kier molecular flexibility index (Phi) is 6.03. The van der Waals surface area contributed by atoms with Crippen LogP contribution in [-0.4, -0.2) is 23.0 Å². The number of benzene rings is 2. The van der Waals surface area contributed by atoms with Crippen LogP contribution in [0.5, 0.6) is 0 Å². The summed E-state index contributed by atoms with van der Waals surface area (Å²) < 4.78 is 5.63. The molecule has 27 heavy (non-hydrogen) atoms. The average Bonchev–Trinajstić information content (AvgIpc) is 3.07. The van der Waals surface area contributed by atoms with Gasteiger partial charge in [0.05, 0.1) is 5.56 Å². The number of rotatable bonds is 6. The van der Waals surface area contributed by atoms with Crippen molar-refractivity contribution >= 4 is 33.6 Å². The van der Waals surface area contributed by atoms with Gasteiger partial charge in [0, 0.05) is 17.0 Å². The second-order valence-corrected chi connectivity index (χ2v) is 6.86. The van der Waals surface area contributed by atoms with E-state index in [4.69, 9.17) is 4.52 Å². The highest BCUT2D eigenvalue weighted by Gasteiger charge is 2.23. The molecule has 2 aromatic carbocycles. The largest absolute Gasteiger partial charge is 0.360 e. The monoisotopic (exact) mass is 427 g/mol. The molecule has 1 atom stereocenters. The molecule has 0 saturated heterocycles. The fraction of sp³-hybridized carbons (Fsp3) is 0.150. The van der Waals surface area contributed by atoms with E-state index < -0.39 is 6.04 Å². The lowest BCUT2D eigenvalue weighted by molar-refractivity contribution is -0.118. The second-order valence-electron chi connectivity index (χ2n) is 6.01. The third-order valence-electron chi connectivity index (χ3n) is 3.90. The molecule has 0 aliphatic rings. The molecule has 0 bridgehead atoms. The first-order valence-electron chi connectivity index (χ1n) is 8.36. The first-order chi connectivity index (χ1) is 13.0. The maximum Gasteiger partial charge on any atom is 0.253 e. The van der Waals surface area contributed by atoms with E-state index in [0.717, 1.165) is 5.56 Å². The minimum Gasteiger partial charge on any atom is -0.360 e. The molecular weight excluding hydrogens is 410 g/mol. The molecule has 1 heterocycles. The number of halogens is 1. The highest BCUT2D eigenvalue weighted by atomic mass is 79.9. The topological polar surface area (TPSA) is 84.2 Å². The van der Waals surface area contributed by atoms with Crippen LogP contribution < -0.4 is 10.6 Å². The fourth-order valence-electron chi connectivity index (χ4n) is 2.58. The summed E-state index contributed by atoms with van der Waals surface area (Å²) in [6, 6.07) is 17.4. The van der Waals surface area contributed by atoms with Crippen molar-refractivity contribution in [2.75, 3.05) is 5.32 Å². The van der Waals surface area contributed by atoms with Gasteiger partial charge in [0.2, 0.25) is 5.91 Å². The number of nitrogens with one attached hydrogen (secondary N) is 2. The molecule has 0 aliphatic carbocycles. The van der Waals surface area contributed by atoms with Gasteiger partial charge in [-0.15, -0.1) is 0 Å². The van der Waals surface area contributed by atoms with Crippen LogP contribution >= 0.6 is 15.9 Å². The summed E-state index contributed by atoms with van der Waals surface area (Å²) in [5, 5.41) is 9.26. The highest BCUT2D eigenvalue weighted by molar-refractivity contribution is 9.10. The Hall–Kier alpha value is -2.93. The third kappa shape index (κ3) is 5.04. The van der Waals surface area contributed by atoms with E-state index in [1.807, 2.05) is 36.4 Å². The van der Waals surface area contributed by atoms with E-state index in [0.29, 0.717) is 28.0 Å². The summed E-state index contributed by atoms with van der Waals surface area (Å²) in [5.74, 6) is 0.190. The van der Waals surface area contributed by atoms with E-state index in [1.165, 1.54) is 0 Å². The first kappa shape index (κ1) is 18.8. The van der Waals surface area contributed by atoms with Gasteiger partial charge in [0.25, 0.3) is 5.91 Å². The molecule has 0 saturated carbocycles. The number of amides is 2. The van der Waals surface area contributed by atoms with Crippen LogP contribution in [0.2, 0.25) is 0 Å². The maximum atomic E-state index is 12.8. The number of nitrogens with zero attached hydrogens (tertiary/aromatic N) is 1. The van der Waals surface area contributed by atoms with Crippen molar-refractivity contribution in [3.8, 4) is 0 Å². The van der Waals surface area contributed by atoms with Crippen LogP contribution in [0.3, 0.4) is 0 Å². The molecule has 138 valence electrons. The summed E-state index contributed by atoms with van der Waals surface area (Å²) in [6.45, 7) is 1.73. The van der Waals surface area contributed by atoms with Crippen molar-refractivity contribution in [1.29, 1.82) is 0 Å². The molecule has 0 aliphatic heterocycles. The molecule has 0 unspecified atom stereocenters. The second kappa shape index (κ2) is 8.64. The Morgan fingerprint density at radius 3 is 2.48 bits per heavy atom. The predicted octanol–water partition coefficient (Wildman–Crippen LogP) is 3.73. The Balaban J connectivity index is 1.79. The normalized spacial score (nSPS) is 11.6. The van der Waals surface area contributed by atoms with E-state index in [2.05, 4.69) is 31.7 Å². The first-order valence-corrected chi connectivity index (χ1v) is 9.16. The third-order valence-corrected chi connectivity index (χ3v) is 4.59. The van der Waals surface area contributed by atoms with Crippen molar-refractivity contribution < 1.29 is 14.1 Å². The van der Waals surface area contributed by atoms with Crippen molar-refractivity contribution in [2.45, 2.75) is 19.4 Å². The van der Waals surface area contributed by atoms with Crippen molar-refractivity contribution in [2.24, 2.45) is 0 Å². The molecule has 6 nitrogen and oxygen atoms in total. The molecular formula is C20H18BrN3O3. The SMILES string of the molecule is Cc1cc(NC(=O)[C@H](Cc2ccccc2)NC(=O)c2ccccc2Br)no1. The van der Waals surface area contributed by atoms with Gasteiger partial charge < -0.3 is 15.2 Å². The average molecular weight is 428 g/mol. The van der Waals surface area contributed by atoms with Crippen LogP contribution in [0.25, 0.3) is 0 Å². The number of hydrogen-bond donors (Lipinski definition) is 2. The van der Waals surface area contributed by atoms with Crippen molar-refractivity contribution in [3.63, 3.8) is 0 Å². The van der Waals surface area contributed by atoms with Gasteiger partial charge in [0.15, 0.2) is 5.82 Å². The molecule has 0 radical (unpaired) electrons. The Labute approximate surface area is 165 Å². The summed E-state index contributed by atoms with van der Waals surface area (Å²) >= 11 is 3.36. The number of anilines is 1. The number of carbonyl (C=O) groups is 2. The van der Waals surface area contributed by atoms with Crippen LogP contribution in [0, 0.1) is 6.92 Å². The van der Waals surface area contributed by atoms with Crippen molar-refractivity contribution in [3.05, 3.63) is 82.0 Å². The van der Waals surface area contributed by atoms with E-state index in [1.54, 1.807) is 31.2 Å². The molecule has 2 amide bonds. The fourth-order valence-corrected chi connectivity index (χ4v) is 3.04. The van der Waals surface area contributed by atoms with Crippen LogP contribution in [0.15, 0.2) is 69.7 Å². The molecule has 1 aromatic heterocycles. The summed E-state index contributed by atoms with van der Waals surface area (Å²) in [6.07, 6.45) is 0.347.